The van der Waals surface area contributed by atoms with Crippen LogP contribution in [0.3, 0.4) is 0 Å². The van der Waals surface area contributed by atoms with Gasteiger partial charge in [-0.1, -0.05) is 30.3 Å². The second-order valence-electron chi connectivity index (χ2n) is 7.29. The lowest BCUT2D eigenvalue weighted by Crippen LogP contribution is -2.23. The highest BCUT2D eigenvalue weighted by atomic mass is 32.2. The fourth-order valence-corrected chi connectivity index (χ4v) is 5.33. The van der Waals surface area contributed by atoms with Gasteiger partial charge in [0.05, 0.1) is 23.0 Å². The number of carbonyl (C=O) groups excluding carboxylic acids is 1. The van der Waals surface area contributed by atoms with Gasteiger partial charge in [-0.15, -0.1) is 23.1 Å². The average Bonchev–Trinajstić information content (AvgIpc) is 3.25. The van der Waals surface area contributed by atoms with E-state index in [2.05, 4.69) is 10.3 Å². The number of fused-ring (bicyclic) bond motifs is 1. The molecule has 4 aromatic rings. The van der Waals surface area contributed by atoms with Crippen LogP contribution in [0.25, 0.3) is 21.3 Å². The maximum atomic E-state index is 12.9. The van der Waals surface area contributed by atoms with Crippen molar-refractivity contribution in [3.63, 3.8) is 0 Å². The number of aromatic nitrogens is 2. The molecule has 0 radical (unpaired) electrons. The Labute approximate surface area is 194 Å². The Hall–Kier alpha value is -3.10. The fraction of sp³-hybridized carbons (Fsp3) is 0.208. The number of nitrogens with one attached hydrogen (secondary N) is 2. The molecule has 0 aliphatic rings. The summed E-state index contributed by atoms with van der Waals surface area (Å²) in [5, 5.41) is 4.98. The number of rotatable bonds is 7. The van der Waals surface area contributed by atoms with Crippen LogP contribution in [0.5, 0.6) is 5.75 Å². The first-order chi connectivity index (χ1) is 15.5. The number of methoxy groups -OCH3 is 1. The summed E-state index contributed by atoms with van der Waals surface area (Å²) < 4.78 is 5.14. The molecule has 4 rings (SSSR count). The second-order valence-corrected chi connectivity index (χ2v) is 9.83. The largest absolute Gasteiger partial charge is 0.497 e. The van der Waals surface area contributed by atoms with Gasteiger partial charge in [-0.05, 0) is 43.7 Å². The standard InChI is InChI=1S/C24H23N3O3S2/c1-14(32-15(2)22(28)25-17-9-11-18(30-3)12-10-17)21-26-23(29)20-19(13-31-24(20)27-21)16-7-5-4-6-8-16/h4-15H,1-3H3,(H,25,28)(H,26,27,29)/t14-,15+/m0/s1. The minimum Gasteiger partial charge on any atom is -0.497 e. The monoisotopic (exact) mass is 465 g/mol. The zero-order valence-electron chi connectivity index (χ0n) is 17.9. The Morgan fingerprint density at radius 3 is 2.53 bits per heavy atom. The summed E-state index contributed by atoms with van der Waals surface area (Å²) in [4.78, 5) is 33.8. The van der Waals surface area contributed by atoms with Gasteiger partial charge in [-0.3, -0.25) is 9.59 Å². The van der Waals surface area contributed by atoms with Crippen LogP contribution in [0.2, 0.25) is 0 Å². The van der Waals surface area contributed by atoms with Gasteiger partial charge in [-0.2, -0.15) is 0 Å². The molecule has 2 N–H and O–H groups in total. The molecular weight excluding hydrogens is 442 g/mol. The number of thiophene rings is 1. The zero-order valence-corrected chi connectivity index (χ0v) is 19.5. The molecule has 0 saturated carbocycles. The number of carbonyl (C=O) groups is 1. The summed E-state index contributed by atoms with van der Waals surface area (Å²) in [6.07, 6.45) is 0. The van der Waals surface area contributed by atoms with E-state index >= 15 is 0 Å². The van der Waals surface area contributed by atoms with Crippen LogP contribution in [0, 0.1) is 0 Å². The van der Waals surface area contributed by atoms with E-state index in [4.69, 9.17) is 9.72 Å². The lowest BCUT2D eigenvalue weighted by molar-refractivity contribution is -0.115. The Morgan fingerprint density at radius 2 is 1.84 bits per heavy atom. The molecule has 1 amide bonds. The molecule has 0 unspecified atom stereocenters. The van der Waals surface area contributed by atoms with Gasteiger partial charge in [-0.25, -0.2) is 4.98 Å². The molecule has 0 fully saturated rings. The molecule has 164 valence electrons. The Kier molecular flexibility index (Phi) is 6.62. The Balaban J connectivity index is 1.49. The van der Waals surface area contributed by atoms with E-state index in [-0.39, 0.29) is 22.0 Å². The van der Waals surface area contributed by atoms with Gasteiger partial charge < -0.3 is 15.0 Å². The molecule has 32 heavy (non-hydrogen) atoms. The molecule has 0 bridgehead atoms. The first-order valence-corrected chi connectivity index (χ1v) is 12.0. The third kappa shape index (κ3) is 4.71. The van der Waals surface area contributed by atoms with Crippen molar-refractivity contribution >= 4 is 44.9 Å². The first-order valence-electron chi connectivity index (χ1n) is 10.1. The van der Waals surface area contributed by atoms with Gasteiger partial charge in [0.25, 0.3) is 5.56 Å². The summed E-state index contributed by atoms with van der Waals surface area (Å²) in [5.74, 6) is 1.18. The number of ether oxygens (including phenoxy) is 1. The van der Waals surface area contributed by atoms with Crippen LogP contribution in [0.1, 0.15) is 24.9 Å². The molecule has 2 heterocycles. The third-order valence-corrected chi connectivity index (χ3v) is 7.19. The van der Waals surface area contributed by atoms with Crippen LogP contribution in [0.15, 0.2) is 64.8 Å². The molecule has 6 nitrogen and oxygen atoms in total. The van der Waals surface area contributed by atoms with Gasteiger partial charge in [0.2, 0.25) is 5.91 Å². The number of nitrogens with zero attached hydrogens (tertiary/aromatic N) is 1. The van der Waals surface area contributed by atoms with Gasteiger partial charge >= 0.3 is 0 Å². The minimum atomic E-state index is -0.337. The Bertz CT molecular complexity index is 1280. The highest BCUT2D eigenvalue weighted by molar-refractivity contribution is 8.00. The number of anilines is 1. The zero-order chi connectivity index (χ0) is 22.7. The molecule has 0 aliphatic carbocycles. The van der Waals surface area contributed by atoms with Gasteiger partial charge in [0, 0.05) is 16.6 Å². The van der Waals surface area contributed by atoms with Crippen molar-refractivity contribution in [1.29, 1.82) is 0 Å². The maximum Gasteiger partial charge on any atom is 0.260 e. The number of benzene rings is 2. The highest BCUT2D eigenvalue weighted by Gasteiger charge is 2.21. The summed E-state index contributed by atoms with van der Waals surface area (Å²) in [5.41, 5.74) is 2.42. The van der Waals surface area contributed by atoms with Crippen molar-refractivity contribution in [3.8, 4) is 16.9 Å². The lowest BCUT2D eigenvalue weighted by atomic mass is 10.1. The molecule has 8 heteroatoms. The summed E-state index contributed by atoms with van der Waals surface area (Å²) >= 11 is 2.90. The number of hydrogen-bond acceptors (Lipinski definition) is 6. The van der Waals surface area contributed by atoms with E-state index in [1.165, 1.54) is 23.1 Å². The summed E-state index contributed by atoms with van der Waals surface area (Å²) in [6, 6.07) is 17.0. The number of amides is 1. The van der Waals surface area contributed by atoms with Gasteiger partial charge in [0.15, 0.2) is 0 Å². The average molecular weight is 466 g/mol. The van der Waals surface area contributed by atoms with Crippen LogP contribution < -0.4 is 15.6 Å². The smallest absolute Gasteiger partial charge is 0.260 e. The molecule has 2 aromatic heterocycles. The van der Waals surface area contributed by atoms with Crippen molar-refractivity contribution < 1.29 is 9.53 Å². The highest BCUT2D eigenvalue weighted by Crippen LogP contribution is 2.34. The molecule has 0 aliphatic heterocycles. The predicted molar refractivity (Wildman–Crippen MR) is 133 cm³/mol. The van der Waals surface area contributed by atoms with E-state index in [1.54, 1.807) is 31.4 Å². The quantitative estimate of drug-likeness (QED) is 0.377. The van der Waals surface area contributed by atoms with Gasteiger partial charge in [0.1, 0.15) is 16.4 Å². The SMILES string of the molecule is COc1ccc(NC(=O)[C@@H](C)S[C@@H](C)c2nc3scc(-c4ccccc4)c3c(=O)[nH]2)cc1. The number of aromatic amines is 1. The third-order valence-electron chi connectivity index (χ3n) is 5.07. The van der Waals surface area contributed by atoms with E-state index in [0.29, 0.717) is 21.7 Å². The van der Waals surface area contributed by atoms with E-state index in [9.17, 15) is 9.59 Å². The lowest BCUT2D eigenvalue weighted by Gasteiger charge is -2.16. The van der Waals surface area contributed by atoms with E-state index < -0.39 is 0 Å². The molecule has 2 atom stereocenters. The fourth-order valence-electron chi connectivity index (χ4n) is 3.34. The maximum absolute atomic E-state index is 12.9. The van der Waals surface area contributed by atoms with Crippen molar-refractivity contribution in [2.75, 3.05) is 12.4 Å². The first kappa shape index (κ1) is 22.1. The van der Waals surface area contributed by atoms with Crippen molar-refractivity contribution in [1.82, 2.24) is 9.97 Å². The summed E-state index contributed by atoms with van der Waals surface area (Å²) in [6.45, 7) is 3.78. The number of thioether (sulfide) groups is 1. The molecule has 0 saturated heterocycles. The summed E-state index contributed by atoms with van der Waals surface area (Å²) in [7, 11) is 1.60. The molecule has 2 aromatic carbocycles. The number of H-pyrrole nitrogens is 1. The van der Waals surface area contributed by atoms with Crippen LogP contribution in [-0.4, -0.2) is 28.2 Å². The predicted octanol–water partition coefficient (Wildman–Crippen LogP) is 5.48. The van der Waals surface area contributed by atoms with Crippen LogP contribution in [0.4, 0.5) is 5.69 Å². The van der Waals surface area contributed by atoms with Crippen LogP contribution in [-0.2, 0) is 4.79 Å². The normalized spacial score (nSPS) is 13.0. The molecule has 0 spiro atoms. The van der Waals surface area contributed by atoms with Crippen LogP contribution >= 0.6 is 23.1 Å². The topological polar surface area (TPSA) is 84.1 Å². The number of hydrogen-bond donors (Lipinski definition) is 2. The van der Waals surface area contributed by atoms with Crippen molar-refractivity contribution in [2.45, 2.75) is 24.3 Å². The van der Waals surface area contributed by atoms with E-state index in [0.717, 1.165) is 16.9 Å². The second kappa shape index (κ2) is 9.58. The van der Waals surface area contributed by atoms with Crippen molar-refractivity contribution in [2.24, 2.45) is 0 Å². The molecular formula is C24H23N3O3S2. The van der Waals surface area contributed by atoms with Crippen molar-refractivity contribution in [3.05, 3.63) is 76.2 Å². The Morgan fingerprint density at radius 1 is 1.12 bits per heavy atom. The minimum absolute atomic E-state index is 0.113. The van der Waals surface area contributed by atoms with E-state index in [1.807, 2.05) is 49.6 Å².